The molecule has 0 unspecified atom stereocenters. The highest BCUT2D eigenvalue weighted by Crippen LogP contribution is 2.20. The molecular formula is C24H29ClN4O4. The molecule has 8 nitrogen and oxygen atoms in total. The Morgan fingerprint density at radius 2 is 2.06 bits per heavy atom. The Balaban J connectivity index is 1.64. The molecule has 33 heavy (non-hydrogen) atoms. The molecule has 0 saturated carbocycles. The maximum absolute atomic E-state index is 13.4. The van der Waals surface area contributed by atoms with Crippen LogP contribution in [-0.4, -0.2) is 59.6 Å². The van der Waals surface area contributed by atoms with Gasteiger partial charge in [0.2, 0.25) is 11.8 Å². The van der Waals surface area contributed by atoms with Gasteiger partial charge >= 0.3 is 6.09 Å². The van der Waals surface area contributed by atoms with Gasteiger partial charge in [-0.15, -0.1) is 0 Å². The number of halogens is 1. The van der Waals surface area contributed by atoms with Crippen LogP contribution < -0.4 is 10.6 Å². The first-order valence-electron chi connectivity index (χ1n) is 11.1. The molecule has 2 atom stereocenters. The molecule has 1 aromatic heterocycles. The van der Waals surface area contributed by atoms with E-state index in [-0.39, 0.29) is 24.8 Å². The van der Waals surface area contributed by atoms with E-state index in [9.17, 15) is 14.4 Å². The number of amides is 3. The average Bonchev–Trinajstić information content (AvgIpc) is 3.30. The number of benzene rings is 1. The highest BCUT2D eigenvalue weighted by atomic mass is 35.5. The number of nitrogens with one attached hydrogen (secondary N) is 2. The summed E-state index contributed by atoms with van der Waals surface area (Å²) in [5.41, 5.74) is 1.75. The van der Waals surface area contributed by atoms with Crippen molar-refractivity contribution in [2.45, 2.75) is 44.7 Å². The van der Waals surface area contributed by atoms with Crippen molar-refractivity contribution in [1.82, 2.24) is 20.5 Å². The first kappa shape index (κ1) is 24.5. The molecule has 0 radical (unpaired) electrons. The van der Waals surface area contributed by atoms with Crippen molar-refractivity contribution < 1.29 is 19.1 Å². The highest BCUT2D eigenvalue weighted by Gasteiger charge is 2.37. The quantitative estimate of drug-likeness (QED) is 0.584. The second-order valence-corrected chi connectivity index (χ2v) is 8.21. The molecule has 2 N–H and O–H groups in total. The predicted molar refractivity (Wildman–Crippen MR) is 125 cm³/mol. The maximum atomic E-state index is 13.4. The monoisotopic (exact) mass is 472 g/mol. The fourth-order valence-corrected chi connectivity index (χ4v) is 4.14. The minimum atomic E-state index is -0.857. The van der Waals surface area contributed by atoms with Gasteiger partial charge in [-0.2, -0.15) is 0 Å². The minimum absolute atomic E-state index is 0.194. The molecule has 0 aliphatic carbocycles. The zero-order chi connectivity index (χ0) is 23.6. The van der Waals surface area contributed by atoms with E-state index in [1.807, 2.05) is 30.3 Å². The van der Waals surface area contributed by atoms with Crippen LogP contribution in [-0.2, 0) is 27.2 Å². The number of rotatable bonds is 9. The zero-order valence-corrected chi connectivity index (χ0v) is 19.4. The van der Waals surface area contributed by atoms with E-state index in [1.165, 1.54) is 0 Å². The smallest absolute Gasteiger partial charge is 0.407 e. The Morgan fingerprint density at radius 3 is 2.79 bits per heavy atom. The SMILES string of the molecule is CCOC(=O)N[C@@H](Cc1cccnc1)C(=O)N1CCC[C@H]1C(=O)NCCc1ccccc1Cl. The maximum Gasteiger partial charge on any atom is 0.407 e. The fraction of sp³-hybridized carbons (Fsp3) is 0.417. The molecule has 1 aromatic carbocycles. The van der Waals surface area contributed by atoms with Gasteiger partial charge in [-0.05, 0) is 49.4 Å². The zero-order valence-electron chi connectivity index (χ0n) is 18.6. The number of alkyl carbamates (subject to hydrolysis) is 1. The summed E-state index contributed by atoms with van der Waals surface area (Å²) >= 11 is 6.18. The summed E-state index contributed by atoms with van der Waals surface area (Å²) in [6.07, 6.45) is 4.76. The van der Waals surface area contributed by atoms with Gasteiger partial charge in [0.05, 0.1) is 6.61 Å². The molecule has 1 aliphatic rings. The van der Waals surface area contributed by atoms with E-state index in [0.29, 0.717) is 37.4 Å². The molecule has 2 heterocycles. The van der Waals surface area contributed by atoms with Crippen molar-refractivity contribution in [2.75, 3.05) is 19.7 Å². The molecule has 1 aliphatic heterocycles. The Bertz CT molecular complexity index is 956. The normalized spacial score (nSPS) is 16.2. The standard InChI is InChI=1S/C24H29ClN4O4/c1-2-33-24(32)28-20(15-17-7-5-12-26-16-17)23(31)29-14-6-10-21(29)22(30)27-13-11-18-8-3-4-9-19(18)25/h3-5,7-9,12,16,20-21H,2,6,10-11,13-15H2,1H3,(H,27,30)(H,28,32)/t20-,21-/m0/s1. The third-order valence-corrected chi connectivity index (χ3v) is 5.89. The fourth-order valence-electron chi connectivity index (χ4n) is 3.91. The van der Waals surface area contributed by atoms with Gasteiger partial charge < -0.3 is 20.3 Å². The van der Waals surface area contributed by atoms with Crippen LogP contribution in [0.4, 0.5) is 4.79 Å². The van der Waals surface area contributed by atoms with Gasteiger partial charge in [0.15, 0.2) is 0 Å². The third-order valence-electron chi connectivity index (χ3n) is 5.52. The van der Waals surface area contributed by atoms with Gasteiger partial charge in [-0.25, -0.2) is 4.79 Å². The number of nitrogens with zero attached hydrogens (tertiary/aromatic N) is 2. The molecule has 2 aromatic rings. The molecule has 0 spiro atoms. The van der Waals surface area contributed by atoms with Gasteiger partial charge in [-0.1, -0.05) is 35.9 Å². The van der Waals surface area contributed by atoms with Crippen molar-refractivity contribution in [2.24, 2.45) is 0 Å². The number of ether oxygens (including phenoxy) is 1. The highest BCUT2D eigenvalue weighted by molar-refractivity contribution is 6.31. The Labute approximate surface area is 198 Å². The lowest BCUT2D eigenvalue weighted by molar-refractivity contribution is -0.139. The Kier molecular flexibility index (Phi) is 9.06. The van der Waals surface area contributed by atoms with Crippen LogP contribution in [0.3, 0.4) is 0 Å². The van der Waals surface area contributed by atoms with Crippen LogP contribution in [0.2, 0.25) is 5.02 Å². The number of carbonyl (C=O) groups excluding carboxylic acids is 3. The topological polar surface area (TPSA) is 101 Å². The summed E-state index contributed by atoms with van der Waals surface area (Å²) in [4.78, 5) is 44.0. The minimum Gasteiger partial charge on any atom is -0.450 e. The second kappa shape index (κ2) is 12.2. The summed E-state index contributed by atoms with van der Waals surface area (Å²) in [6, 6.07) is 9.67. The number of carbonyl (C=O) groups is 3. The Morgan fingerprint density at radius 1 is 1.24 bits per heavy atom. The van der Waals surface area contributed by atoms with Gasteiger partial charge in [-0.3, -0.25) is 14.6 Å². The summed E-state index contributed by atoms with van der Waals surface area (Å²) < 4.78 is 4.98. The lowest BCUT2D eigenvalue weighted by Gasteiger charge is -2.28. The van der Waals surface area contributed by atoms with Crippen molar-refractivity contribution in [3.8, 4) is 0 Å². The predicted octanol–water partition coefficient (Wildman–Crippen LogP) is 2.74. The number of pyridine rings is 1. The number of aromatic nitrogens is 1. The van der Waals surface area contributed by atoms with Crippen LogP contribution in [0.15, 0.2) is 48.8 Å². The lowest BCUT2D eigenvalue weighted by Crippen LogP contribution is -2.54. The van der Waals surface area contributed by atoms with Crippen LogP contribution in [0.1, 0.15) is 30.9 Å². The molecule has 9 heteroatoms. The summed E-state index contributed by atoms with van der Waals surface area (Å²) in [6.45, 7) is 2.76. The molecule has 3 rings (SSSR count). The van der Waals surface area contributed by atoms with Crippen molar-refractivity contribution in [3.05, 3.63) is 64.9 Å². The first-order chi connectivity index (χ1) is 16.0. The van der Waals surface area contributed by atoms with Gasteiger partial charge in [0.25, 0.3) is 0 Å². The van der Waals surface area contributed by atoms with Gasteiger partial charge in [0.1, 0.15) is 12.1 Å². The largest absolute Gasteiger partial charge is 0.450 e. The van der Waals surface area contributed by atoms with Crippen molar-refractivity contribution >= 4 is 29.5 Å². The molecule has 1 fully saturated rings. The van der Waals surface area contributed by atoms with E-state index >= 15 is 0 Å². The molecule has 1 saturated heterocycles. The van der Waals surface area contributed by atoms with E-state index in [4.69, 9.17) is 16.3 Å². The molecule has 176 valence electrons. The van der Waals surface area contributed by atoms with Crippen LogP contribution in [0, 0.1) is 0 Å². The molecule has 0 bridgehead atoms. The van der Waals surface area contributed by atoms with E-state index < -0.39 is 18.2 Å². The second-order valence-electron chi connectivity index (χ2n) is 7.80. The summed E-state index contributed by atoms with van der Waals surface area (Å²) in [5, 5.41) is 6.23. The van der Waals surface area contributed by atoms with Gasteiger partial charge in [0, 0.05) is 36.9 Å². The number of likely N-dealkylation sites (tertiary alicyclic amines) is 1. The number of hydrogen-bond acceptors (Lipinski definition) is 5. The summed E-state index contributed by atoms with van der Waals surface area (Å²) in [5.74, 6) is -0.514. The van der Waals surface area contributed by atoms with Crippen LogP contribution in [0.25, 0.3) is 0 Å². The van der Waals surface area contributed by atoms with E-state index in [2.05, 4.69) is 15.6 Å². The van der Waals surface area contributed by atoms with Crippen molar-refractivity contribution in [1.29, 1.82) is 0 Å². The van der Waals surface area contributed by atoms with Crippen LogP contribution >= 0.6 is 11.6 Å². The van der Waals surface area contributed by atoms with Crippen molar-refractivity contribution in [3.63, 3.8) is 0 Å². The lowest BCUT2D eigenvalue weighted by atomic mass is 10.1. The summed E-state index contributed by atoms with van der Waals surface area (Å²) in [7, 11) is 0. The molecular weight excluding hydrogens is 444 g/mol. The number of hydrogen-bond donors (Lipinski definition) is 2. The average molecular weight is 473 g/mol. The van der Waals surface area contributed by atoms with E-state index in [0.717, 1.165) is 11.1 Å². The third kappa shape index (κ3) is 6.92. The Hall–Kier alpha value is -3.13. The first-order valence-corrected chi connectivity index (χ1v) is 11.5. The molecule has 3 amide bonds. The van der Waals surface area contributed by atoms with Crippen LogP contribution in [0.5, 0.6) is 0 Å². The van der Waals surface area contributed by atoms with E-state index in [1.54, 1.807) is 30.3 Å².